The zero-order valence-corrected chi connectivity index (χ0v) is 16.1. The molecule has 0 fully saturated rings. The third-order valence-electron chi connectivity index (χ3n) is 3.77. The van der Waals surface area contributed by atoms with Gasteiger partial charge in [0, 0.05) is 16.3 Å². The molecule has 0 aliphatic rings. The Balaban J connectivity index is 2.35. The van der Waals surface area contributed by atoms with E-state index < -0.39 is 5.97 Å². The summed E-state index contributed by atoms with van der Waals surface area (Å²) < 4.78 is 12.8. The first-order valence-corrected chi connectivity index (χ1v) is 8.86. The Hall–Kier alpha value is -2.01. The van der Waals surface area contributed by atoms with Crippen molar-refractivity contribution in [2.75, 3.05) is 13.2 Å². The van der Waals surface area contributed by atoms with Crippen LogP contribution in [0.2, 0.25) is 5.02 Å². The number of rotatable bonds is 7. The summed E-state index contributed by atoms with van der Waals surface area (Å²) in [6.45, 7) is 10.8. The number of carbonyl (C=O) groups excluding carboxylic acids is 1. The fraction of sp³-hybridized carbons (Fsp3) is 0.474. The lowest BCUT2D eigenvalue weighted by molar-refractivity contribution is 0.0518. The molecule has 0 radical (unpaired) electrons. The molecular formula is C19H25ClN2O3. The van der Waals surface area contributed by atoms with Crippen LogP contribution >= 0.6 is 11.6 Å². The molecule has 1 heterocycles. The van der Waals surface area contributed by atoms with E-state index in [1.54, 1.807) is 17.7 Å². The van der Waals surface area contributed by atoms with Crippen molar-refractivity contribution in [1.29, 1.82) is 0 Å². The molecule has 1 unspecified atom stereocenters. The maximum atomic E-state index is 11.9. The average Bonchev–Trinajstić information content (AvgIpc) is 2.95. The van der Waals surface area contributed by atoms with Crippen molar-refractivity contribution in [2.24, 2.45) is 5.92 Å². The first-order chi connectivity index (χ1) is 11.8. The van der Waals surface area contributed by atoms with E-state index in [1.807, 2.05) is 32.0 Å². The standard InChI is InChI=1S/C19H25ClN2O3/c1-6-24-19(23)17-9-13(4)22(21-17)14(5)16-10-15(20)7-8-18(16)25-11-12(2)3/h7-10,12,14H,6,11H2,1-5H3. The molecule has 6 heteroatoms. The van der Waals surface area contributed by atoms with Gasteiger partial charge in [0.25, 0.3) is 0 Å². The predicted octanol–water partition coefficient (Wildman–Crippen LogP) is 4.67. The largest absolute Gasteiger partial charge is 0.493 e. The Morgan fingerprint density at radius 3 is 2.64 bits per heavy atom. The Morgan fingerprint density at radius 1 is 1.28 bits per heavy atom. The molecule has 0 aliphatic heterocycles. The number of hydrogen-bond donors (Lipinski definition) is 0. The van der Waals surface area contributed by atoms with Crippen LogP contribution in [0.25, 0.3) is 0 Å². The summed E-state index contributed by atoms with van der Waals surface area (Å²) in [6, 6.07) is 7.17. The smallest absolute Gasteiger partial charge is 0.358 e. The van der Waals surface area contributed by atoms with Gasteiger partial charge >= 0.3 is 5.97 Å². The minimum atomic E-state index is -0.418. The van der Waals surface area contributed by atoms with Gasteiger partial charge in [0.1, 0.15) is 5.75 Å². The molecule has 0 N–H and O–H groups in total. The van der Waals surface area contributed by atoms with Crippen LogP contribution in [0.5, 0.6) is 5.75 Å². The number of halogens is 1. The Kier molecular flexibility index (Phi) is 6.48. The lowest BCUT2D eigenvalue weighted by Gasteiger charge is -2.20. The molecule has 0 amide bonds. The van der Waals surface area contributed by atoms with Crippen molar-refractivity contribution < 1.29 is 14.3 Å². The van der Waals surface area contributed by atoms with Gasteiger partial charge in [0.2, 0.25) is 0 Å². The molecule has 1 aromatic heterocycles. The molecule has 25 heavy (non-hydrogen) atoms. The van der Waals surface area contributed by atoms with Crippen molar-refractivity contribution in [3.05, 3.63) is 46.2 Å². The van der Waals surface area contributed by atoms with Gasteiger partial charge in [-0.1, -0.05) is 25.4 Å². The molecule has 136 valence electrons. The van der Waals surface area contributed by atoms with Gasteiger partial charge in [-0.05, 0) is 51.0 Å². The van der Waals surface area contributed by atoms with E-state index in [4.69, 9.17) is 21.1 Å². The summed E-state index contributed by atoms with van der Waals surface area (Å²) in [4.78, 5) is 11.9. The van der Waals surface area contributed by atoms with Crippen LogP contribution in [0.3, 0.4) is 0 Å². The van der Waals surface area contributed by atoms with Crippen LogP contribution in [0, 0.1) is 12.8 Å². The van der Waals surface area contributed by atoms with Crippen LogP contribution in [0.4, 0.5) is 0 Å². The third-order valence-corrected chi connectivity index (χ3v) is 4.00. The van der Waals surface area contributed by atoms with Gasteiger partial charge in [-0.15, -0.1) is 0 Å². The van der Waals surface area contributed by atoms with Crippen molar-refractivity contribution in [3.8, 4) is 5.75 Å². The molecular weight excluding hydrogens is 340 g/mol. The Morgan fingerprint density at radius 2 is 2.00 bits per heavy atom. The maximum Gasteiger partial charge on any atom is 0.358 e. The number of esters is 1. The quantitative estimate of drug-likeness (QED) is 0.670. The molecule has 5 nitrogen and oxygen atoms in total. The lowest BCUT2D eigenvalue weighted by Crippen LogP contribution is -2.14. The fourth-order valence-electron chi connectivity index (χ4n) is 2.55. The monoisotopic (exact) mass is 364 g/mol. The Bertz CT molecular complexity index is 740. The van der Waals surface area contributed by atoms with Gasteiger partial charge < -0.3 is 9.47 Å². The maximum absolute atomic E-state index is 11.9. The van der Waals surface area contributed by atoms with Crippen LogP contribution in [-0.2, 0) is 4.74 Å². The summed E-state index contributed by atoms with van der Waals surface area (Å²) in [7, 11) is 0. The van der Waals surface area contributed by atoms with Gasteiger partial charge in [0.05, 0.1) is 19.3 Å². The highest BCUT2D eigenvalue weighted by atomic mass is 35.5. The number of aromatic nitrogens is 2. The van der Waals surface area contributed by atoms with E-state index in [-0.39, 0.29) is 6.04 Å². The van der Waals surface area contributed by atoms with Crippen LogP contribution < -0.4 is 4.74 Å². The minimum absolute atomic E-state index is 0.135. The Labute approximate surface area is 153 Å². The molecule has 0 saturated carbocycles. The van der Waals surface area contributed by atoms with E-state index in [2.05, 4.69) is 18.9 Å². The minimum Gasteiger partial charge on any atom is -0.493 e. The number of carbonyl (C=O) groups is 1. The van der Waals surface area contributed by atoms with E-state index in [9.17, 15) is 4.79 Å². The summed E-state index contributed by atoms with van der Waals surface area (Å²) in [5, 5.41) is 5.05. The summed E-state index contributed by atoms with van der Waals surface area (Å²) in [5.74, 6) is 0.776. The second-order valence-electron chi connectivity index (χ2n) is 6.40. The average molecular weight is 365 g/mol. The predicted molar refractivity (Wildman–Crippen MR) is 98.5 cm³/mol. The normalized spacial score (nSPS) is 12.3. The number of aryl methyl sites for hydroxylation is 1. The van der Waals surface area contributed by atoms with Gasteiger partial charge in [-0.25, -0.2) is 4.79 Å². The SMILES string of the molecule is CCOC(=O)c1cc(C)n(C(C)c2cc(Cl)ccc2OCC(C)C)n1. The van der Waals surface area contributed by atoms with Crippen molar-refractivity contribution >= 4 is 17.6 Å². The van der Waals surface area contributed by atoms with Gasteiger partial charge in [-0.3, -0.25) is 4.68 Å². The van der Waals surface area contributed by atoms with Crippen LogP contribution in [0.15, 0.2) is 24.3 Å². The molecule has 1 aromatic carbocycles. The zero-order chi connectivity index (χ0) is 18.6. The number of hydrogen-bond acceptors (Lipinski definition) is 4. The number of ether oxygens (including phenoxy) is 2. The molecule has 1 atom stereocenters. The van der Waals surface area contributed by atoms with Gasteiger partial charge in [-0.2, -0.15) is 5.10 Å². The van der Waals surface area contributed by atoms with Crippen LogP contribution in [0.1, 0.15) is 55.5 Å². The van der Waals surface area contributed by atoms with Crippen molar-refractivity contribution in [2.45, 2.75) is 40.7 Å². The second kappa shape index (κ2) is 8.39. The first kappa shape index (κ1) is 19.3. The van der Waals surface area contributed by atoms with Crippen molar-refractivity contribution in [1.82, 2.24) is 9.78 Å². The van der Waals surface area contributed by atoms with E-state index in [0.717, 1.165) is 17.0 Å². The molecule has 2 rings (SSSR count). The summed E-state index contributed by atoms with van der Waals surface area (Å²) in [6.07, 6.45) is 0. The topological polar surface area (TPSA) is 53.4 Å². The molecule has 0 aliphatic carbocycles. The van der Waals surface area contributed by atoms with Crippen LogP contribution in [-0.4, -0.2) is 29.0 Å². The second-order valence-corrected chi connectivity index (χ2v) is 6.84. The number of nitrogens with zero attached hydrogens (tertiary/aromatic N) is 2. The molecule has 0 bridgehead atoms. The van der Waals surface area contributed by atoms with Gasteiger partial charge in [0.15, 0.2) is 5.69 Å². The van der Waals surface area contributed by atoms with E-state index >= 15 is 0 Å². The highest BCUT2D eigenvalue weighted by Gasteiger charge is 2.20. The molecule has 0 saturated heterocycles. The first-order valence-electron chi connectivity index (χ1n) is 8.49. The highest BCUT2D eigenvalue weighted by molar-refractivity contribution is 6.30. The lowest BCUT2D eigenvalue weighted by atomic mass is 10.1. The zero-order valence-electron chi connectivity index (χ0n) is 15.4. The molecule has 2 aromatic rings. The van der Waals surface area contributed by atoms with E-state index in [0.29, 0.717) is 29.8 Å². The number of benzene rings is 1. The molecule has 0 spiro atoms. The fourth-order valence-corrected chi connectivity index (χ4v) is 2.73. The van der Waals surface area contributed by atoms with Crippen molar-refractivity contribution in [3.63, 3.8) is 0 Å². The highest BCUT2D eigenvalue weighted by Crippen LogP contribution is 2.31. The van der Waals surface area contributed by atoms with E-state index in [1.165, 1.54) is 0 Å². The summed E-state index contributed by atoms with van der Waals surface area (Å²) >= 11 is 6.19. The summed E-state index contributed by atoms with van der Waals surface area (Å²) in [5.41, 5.74) is 2.10. The third kappa shape index (κ3) is 4.75.